The van der Waals surface area contributed by atoms with Gasteiger partial charge in [-0.1, -0.05) is 13.8 Å². The predicted octanol–water partition coefficient (Wildman–Crippen LogP) is 1.54. The van der Waals surface area contributed by atoms with Gasteiger partial charge >= 0.3 is 0 Å². The summed E-state index contributed by atoms with van der Waals surface area (Å²) in [5.41, 5.74) is 6.55. The highest BCUT2D eigenvalue weighted by Crippen LogP contribution is 2.40. The van der Waals surface area contributed by atoms with Crippen LogP contribution in [0.4, 0.5) is 0 Å². The van der Waals surface area contributed by atoms with Crippen molar-refractivity contribution in [3.05, 3.63) is 0 Å². The largest absolute Gasteiger partial charge is 0.258 e. The molecule has 2 nitrogen and oxygen atoms in total. The van der Waals surface area contributed by atoms with Gasteiger partial charge in [-0.25, -0.2) is 0 Å². The second-order valence-corrected chi connectivity index (χ2v) is 3.74. The minimum Gasteiger partial charge on any atom is -0.258 e. The second kappa shape index (κ2) is 4.07. The highest BCUT2D eigenvalue weighted by molar-refractivity contribution is 4.89. The zero-order valence-electron chi connectivity index (χ0n) is 7.85. The molecule has 0 radical (unpaired) electrons. The van der Waals surface area contributed by atoms with Crippen LogP contribution in [0.25, 0.3) is 0 Å². The van der Waals surface area contributed by atoms with Gasteiger partial charge in [0, 0.05) is 12.6 Å². The maximum Gasteiger partial charge on any atom is 0.0215 e. The molecule has 2 N–H and O–H groups in total. The first-order valence-electron chi connectivity index (χ1n) is 4.74. The third kappa shape index (κ3) is 2.80. The molecular weight excluding hydrogens is 136 g/mol. The molecule has 66 valence electrons. The Morgan fingerprint density at radius 2 is 2.18 bits per heavy atom. The van der Waals surface area contributed by atoms with Crippen LogP contribution in [0.2, 0.25) is 0 Å². The molecule has 0 aromatic carbocycles. The molecule has 0 heterocycles. The van der Waals surface area contributed by atoms with E-state index in [1.807, 2.05) is 0 Å². The Hall–Kier alpha value is -0.0800. The Kier molecular flexibility index (Phi) is 3.34. The fourth-order valence-corrected chi connectivity index (χ4v) is 1.51. The number of nitrogens with one attached hydrogen (secondary N) is 2. The molecule has 0 spiro atoms. The quantitative estimate of drug-likeness (QED) is 0.466. The maximum absolute atomic E-state index is 3.33. The van der Waals surface area contributed by atoms with E-state index in [-0.39, 0.29) is 0 Å². The molecule has 0 amide bonds. The Labute approximate surface area is 69.7 Å². The van der Waals surface area contributed by atoms with E-state index >= 15 is 0 Å². The fourth-order valence-electron chi connectivity index (χ4n) is 1.51. The Balaban J connectivity index is 1.98. The lowest BCUT2D eigenvalue weighted by Gasteiger charge is -2.13. The monoisotopic (exact) mass is 156 g/mol. The fraction of sp³-hybridized carbons (Fsp3) is 1.00. The van der Waals surface area contributed by atoms with E-state index in [9.17, 15) is 0 Å². The molecule has 1 saturated carbocycles. The van der Waals surface area contributed by atoms with E-state index < -0.39 is 0 Å². The lowest BCUT2D eigenvalue weighted by Crippen LogP contribution is -2.40. The molecule has 3 atom stereocenters. The van der Waals surface area contributed by atoms with E-state index in [0.29, 0.717) is 6.04 Å². The zero-order chi connectivity index (χ0) is 8.27. The van der Waals surface area contributed by atoms with Crippen molar-refractivity contribution < 1.29 is 0 Å². The van der Waals surface area contributed by atoms with Crippen molar-refractivity contribution in [2.45, 2.75) is 39.7 Å². The number of rotatable bonds is 5. The van der Waals surface area contributed by atoms with Crippen LogP contribution < -0.4 is 10.9 Å². The third-order valence-electron chi connectivity index (χ3n) is 2.52. The first-order chi connectivity index (χ1) is 5.25. The van der Waals surface area contributed by atoms with Gasteiger partial charge in [0.1, 0.15) is 0 Å². The van der Waals surface area contributed by atoms with Crippen molar-refractivity contribution in [3.63, 3.8) is 0 Å². The molecule has 11 heavy (non-hydrogen) atoms. The Morgan fingerprint density at radius 1 is 1.55 bits per heavy atom. The van der Waals surface area contributed by atoms with Crippen molar-refractivity contribution in [1.82, 2.24) is 10.9 Å². The van der Waals surface area contributed by atoms with Crippen LogP contribution in [0.5, 0.6) is 0 Å². The number of hydrazine groups is 1. The van der Waals surface area contributed by atoms with Crippen molar-refractivity contribution in [1.29, 1.82) is 0 Å². The Bertz CT molecular complexity index is 114. The summed E-state index contributed by atoms with van der Waals surface area (Å²) < 4.78 is 0. The molecular formula is C9H20N2. The van der Waals surface area contributed by atoms with Crippen molar-refractivity contribution in [2.24, 2.45) is 11.8 Å². The number of hydrogen-bond donors (Lipinski definition) is 2. The molecule has 1 aliphatic carbocycles. The topological polar surface area (TPSA) is 24.1 Å². The standard InChI is InChI=1S/C9H20N2/c1-4-5-10-11-8(3)9-6-7(9)2/h7-11H,4-6H2,1-3H3. The van der Waals surface area contributed by atoms with Crippen LogP contribution >= 0.6 is 0 Å². The summed E-state index contributed by atoms with van der Waals surface area (Å²) in [7, 11) is 0. The van der Waals surface area contributed by atoms with Gasteiger partial charge in [0.15, 0.2) is 0 Å². The van der Waals surface area contributed by atoms with Gasteiger partial charge in [0.25, 0.3) is 0 Å². The molecule has 3 unspecified atom stereocenters. The summed E-state index contributed by atoms with van der Waals surface area (Å²) in [6, 6.07) is 0.650. The van der Waals surface area contributed by atoms with Crippen LogP contribution in [0.3, 0.4) is 0 Å². The van der Waals surface area contributed by atoms with Crippen LogP contribution in [-0.4, -0.2) is 12.6 Å². The lowest BCUT2D eigenvalue weighted by atomic mass is 10.2. The second-order valence-electron chi connectivity index (χ2n) is 3.74. The number of hydrogen-bond acceptors (Lipinski definition) is 2. The first-order valence-corrected chi connectivity index (χ1v) is 4.74. The third-order valence-corrected chi connectivity index (χ3v) is 2.52. The molecule has 2 heteroatoms. The van der Waals surface area contributed by atoms with Gasteiger partial charge in [-0.2, -0.15) is 0 Å². The minimum atomic E-state index is 0.650. The van der Waals surface area contributed by atoms with Crippen molar-refractivity contribution in [2.75, 3.05) is 6.54 Å². The Morgan fingerprint density at radius 3 is 2.64 bits per heavy atom. The summed E-state index contributed by atoms with van der Waals surface area (Å²) in [5, 5.41) is 0. The van der Waals surface area contributed by atoms with E-state index in [2.05, 4.69) is 31.6 Å². The zero-order valence-corrected chi connectivity index (χ0v) is 7.85. The summed E-state index contributed by atoms with van der Waals surface area (Å²) in [6.07, 6.45) is 2.60. The highest BCUT2D eigenvalue weighted by Gasteiger charge is 2.36. The minimum absolute atomic E-state index is 0.650. The van der Waals surface area contributed by atoms with Gasteiger partial charge in [0.2, 0.25) is 0 Å². The summed E-state index contributed by atoms with van der Waals surface area (Å²) in [6.45, 7) is 7.84. The lowest BCUT2D eigenvalue weighted by molar-refractivity contribution is 0.406. The van der Waals surface area contributed by atoms with Gasteiger partial charge in [-0.15, -0.1) is 0 Å². The predicted molar refractivity (Wildman–Crippen MR) is 48.2 cm³/mol. The average molecular weight is 156 g/mol. The molecule has 0 aliphatic heterocycles. The van der Waals surface area contributed by atoms with Crippen LogP contribution in [0.15, 0.2) is 0 Å². The molecule has 1 rings (SSSR count). The molecule has 0 aromatic heterocycles. The molecule has 1 aliphatic rings. The van der Waals surface area contributed by atoms with Crippen LogP contribution in [0, 0.1) is 11.8 Å². The normalized spacial score (nSPS) is 31.9. The van der Waals surface area contributed by atoms with Gasteiger partial charge in [0.05, 0.1) is 0 Å². The van der Waals surface area contributed by atoms with E-state index in [0.717, 1.165) is 18.4 Å². The smallest absolute Gasteiger partial charge is 0.0215 e. The molecule has 1 fully saturated rings. The van der Waals surface area contributed by atoms with E-state index in [4.69, 9.17) is 0 Å². The van der Waals surface area contributed by atoms with Crippen molar-refractivity contribution in [3.8, 4) is 0 Å². The highest BCUT2D eigenvalue weighted by atomic mass is 15.4. The summed E-state index contributed by atoms with van der Waals surface area (Å²) in [5.74, 6) is 1.86. The van der Waals surface area contributed by atoms with Crippen LogP contribution in [-0.2, 0) is 0 Å². The van der Waals surface area contributed by atoms with Crippen LogP contribution in [0.1, 0.15) is 33.6 Å². The summed E-state index contributed by atoms with van der Waals surface area (Å²) in [4.78, 5) is 0. The van der Waals surface area contributed by atoms with E-state index in [1.165, 1.54) is 12.8 Å². The van der Waals surface area contributed by atoms with Crippen molar-refractivity contribution >= 4 is 0 Å². The van der Waals surface area contributed by atoms with Gasteiger partial charge < -0.3 is 0 Å². The van der Waals surface area contributed by atoms with Gasteiger partial charge in [-0.3, -0.25) is 10.9 Å². The van der Waals surface area contributed by atoms with E-state index in [1.54, 1.807) is 0 Å². The average Bonchev–Trinajstić information content (AvgIpc) is 2.67. The first kappa shape index (κ1) is 9.01. The molecule has 0 saturated heterocycles. The summed E-state index contributed by atoms with van der Waals surface area (Å²) >= 11 is 0. The SMILES string of the molecule is CCCNNC(C)C1CC1C. The maximum atomic E-state index is 3.33. The molecule has 0 bridgehead atoms. The molecule has 0 aromatic rings. The van der Waals surface area contributed by atoms with Gasteiger partial charge in [-0.05, 0) is 31.6 Å².